The van der Waals surface area contributed by atoms with Gasteiger partial charge in [-0.15, -0.1) is 0 Å². The summed E-state index contributed by atoms with van der Waals surface area (Å²) in [5.41, 5.74) is 5.25. The number of hydrogen-bond acceptors (Lipinski definition) is 2. The molecule has 0 bridgehead atoms. The van der Waals surface area contributed by atoms with Crippen LogP contribution in [0.5, 0.6) is 0 Å². The van der Waals surface area contributed by atoms with E-state index in [1.54, 1.807) is 0 Å². The zero-order chi connectivity index (χ0) is 12.4. The summed E-state index contributed by atoms with van der Waals surface area (Å²) < 4.78 is 0. The lowest BCUT2D eigenvalue weighted by Crippen LogP contribution is -1.98. The summed E-state index contributed by atoms with van der Waals surface area (Å²) in [4.78, 5) is 4.74. The highest BCUT2D eigenvalue weighted by atomic mass is 14.9. The van der Waals surface area contributed by atoms with Crippen LogP contribution in [0.25, 0.3) is 0 Å². The number of para-hydroxylation sites is 2. The molecule has 0 aromatic heterocycles. The molecular formula is C16H14N2. The monoisotopic (exact) mass is 234 g/mol. The van der Waals surface area contributed by atoms with Crippen molar-refractivity contribution in [1.29, 1.82) is 0 Å². The van der Waals surface area contributed by atoms with E-state index in [1.807, 2.05) is 42.5 Å². The van der Waals surface area contributed by atoms with Gasteiger partial charge in [0.05, 0.1) is 17.1 Å². The van der Waals surface area contributed by atoms with Crippen molar-refractivity contribution in [2.45, 2.75) is 6.92 Å². The highest BCUT2D eigenvalue weighted by Gasteiger charge is 2.09. The lowest BCUT2D eigenvalue weighted by atomic mass is 10.1. The Labute approximate surface area is 107 Å². The first kappa shape index (κ1) is 10.8. The van der Waals surface area contributed by atoms with Gasteiger partial charge >= 0.3 is 0 Å². The summed E-state index contributed by atoms with van der Waals surface area (Å²) in [6.07, 6.45) is 2.08. The molecule has 0 saturated carbocycles. The average Bonchev–Trinajstić information content (AvgIpc) is 2.57. The summed E-state index contributed by atoms with van der Waals surface area (Å²) in [7, 11) is 0. The zero-order valence-electron chi connectivity index (χ0n) is 10.2. The highest BCUT2D eigenvalue weighted by Crippen LogP contribution is 2.29. The maximum absolute atomic E-state index is 4.74. The Balaban J connectivity index is 2.15. The highest BCUT2D eigenvalue weighted by molar-refractivity contribution is 6.11. The Kier molecular flexibility index (Phi) is 2.69. The van der Waals surface area contributed by atoms with Crippen molar-refractivity contribution < 1.29 is 0 Å². The van der Waals surface area contributed by atoms with Crippen molar-refractivity contribution in [2.75, 3.05) is 5.32 Å². The Morgan fingerprint density at radius 1 is 0.889 bits per heavy atom. The third kappa shape index (κ3) is 2.05. The van der Waals surface area contributed by atoms with Crippen molar-refractivity contribution in [2.24, 2.45) is 4.99 Å². The van der Waals surface area contributed by atoms with Gasteiger partial charge in [0.2, 0.25) is 0 Å². The molecule has 2 heteroatoms. The molecular weight excluding hydrogens is 220 g/mol. The summed E-state index contributed by atoms with van der Waals surface area (Å²) in [5, 5.41) is 3.37. The maximum Gasteiger partial charge on any atom is 0.0871 e. The number of aliphatic imine (C=N–C) groups is 1. The van der Waals surface area contributed by atoms with Crippen LogP contribution in [0.3, 0.4) is 0 Å². The average molecular weight is 234 g/mol. The first-order valence-corrected chi connectivity index (χ1v) is 6.01. The predicted molar refractivity (Wildman–Crippen MR) is 76.5 cm³/mol. The van der Waals surface area contributed by atoms with Gasteiger partial charge in [-0.05, 0) is 25.1 Å². The van der Waals surface area contributed by atoms with Gasteiger partial charge in [0, 0.05) is 11.3 Å². The Hall–Kier alpha value is -2.35. The molecule has 0 aliphatic carbocycles. The van der Waals surface area contributed by atoms with E-state index in [9.17, 15) is 0 Å². The second-order valence-electron chi connectivity index (χ2n) is 4.33. The van der Waals surface area contributed by atoms with E-state index in [4.69, 9.17) is 4.99 Å². The largest absolute Gasteiger partial charge is 0.357 e. The Morgan fingerprint density at radius 3 is 2.44 bits per heavy atom. The lowest BCUT2D eigenvalue weighted by molar-refractivity contribution is 1.39. The number of nitrogens with one attached hydrogen (secondary N) is 1. The molecule has 1 aliphatic heterocycles. The first-order chi connectivity index (χ1) is 8.83. The minimum Gasteiger partial charge on any atom is -0.357 e. The predicted octanol–water partition coefficient (Wildman–Crippen LogP) is 4.14. The van der Waals surface area contributed by atoms with Crippen molar-refractivity contribution in [3.63, 3.8) is 0 Å². The second kappa shape index (κ2) is 4.49. The van der Waals surface area contributed by atoms with Crippen molar-refractivity contribution in [1.82, 2.24) is 0 Å². The number of allylic oxidation sites excluding steroid dienone is 2. The fourth-order valence-corrected chi connectivity index (χ4v) is 2.05. The van der Waals surface area contributed by atoms with E-state index in [0.29, 0.717) is 0 Å². The third-order valence-corrected chi connectivity index (χ3v) is 2.90. The molecule has 0 spiro atoms. The van der Waals surface area contributed by atoms with Crippen LogP contribution in [0.2, 0.25) is 0 Å². The van der Waals surface area contributed by atoms with Crippen LogP contribution >= 0.6 is 0 Å². The topological polar surface area (TPSA) is 24.4 Å². The molecule has 18 heavy (non-hydrogen) atoms. The van der Waals surface area contributed by atoms with Gasteiger partial charge in [0.15, 0.2) is 0 Å². The van der Waals surface area contributed by atoms with Crippen LogP contribution in [0.4, 0.5) is 11.4 Å². The lowest BCUT2D eigenvalue weighted by Gasteiger charge is -2.05. The molecule has 2 aromatic rings. The molecule has 3 rings (SSSR count). The summed E-state index contributed by atoms with van der Waals surface area (Å²) in [6.45, 7) is 2.06. The van der Waals surface area contributed by atoms with Gasteiger partial charge in [0.25, 0.3) is 0 Å². The number of nitrogens with zero attached hydrogens (tertiary/aromatic N) is 1. The molecule has 0 atom stereocenters. The Bertz CT molecular complexity index is 625. The standard InChI is InChI=1S/C16H14N2/c1-12-11-16(13-7-3-2-4-8-13)18-15-10-6-5-9-14(15)17-12/h2-11,17H,1H3. The molecule has 1 aliphatic rings. The van der Waals surface area contributed by atoms with E-state index in [-0.39, 0.29) is 0 Å². The molecule has 2 aromatic carbocycles. The maximum atomic E-state index is 4.74. The molecule has 0 fully saturated rings. The molecule has 0 unspecified atom stereocenters. The Morgan fingerprint density at radius 2 is 1.61 bits per heavy atom. The van der Waals surface area contributed by atoms with Gasteiger partial charge in [0.1, 0.15) is 0 Å². The first-order valence-electron chi connectivity index (χ1n) is 6.01. The number of hydrogen-bond donors (Lipinski definition) is 1. The van der Waals surface area contributed by atoms with Gasteiger partial charge in [-0.3, -0.25) is 0 Å². The SMILES string of the molecule is CC1=CC(c2ccccc2)=Nc2ccccc2N1. The van der Waals surface area contributed by atoms with Crippen LogP contribution in [-0.2, 0) is 0 Å². The van der Waals surface area contributed by atoms with Crippen LogP contribution in [-0.4, -0.2) is 5.71 Å². The third-order valence-electron chi connectivity index (χ3n) is 2.90. The van der Waals surface area contributed by atoms with Gasteiger partial charge in [-0.25, -0.2) is 4.99 Å². The van der Waals surface area contributed by atoms with Crippen LogP contribution in [0, 0.1) is 0 Å². The quantitative estimate of drug-likeness (QED) is 0.788. The van der Waals surface area contributed by atoms with Gasteiger partial charge < -0.3 is 5.32 Å². The van der Waals surface area contributed by atoms with Crippen LogP contribution < -0.4 is 5.32 Å². The number of fused-ring (bicyclic) bond motifs is 1. The molecule has 2 nitrogen and oxygen atoms in total. The van der Waals surface area contributed by atoms with Gasteiger partial charge in [-0.2, -0.15) is 0 Å². The van der Waals surface area contributed by atoms with Crippen molar-refractivity contribution >= 4 is 17.1 Å². The number of benzene rings is 2. The second-order valence-corrected chi connectivity index (χ2v) is 4.33. The number of rotatable bonds is 1. The molecule has 0 radical (unpaired) electrons. The molecule has 0 amide bonds. The smallest absolute Gasteiger partial charge is 0.0871 e. The zero-order valence-corrected chi connectivity index (χ0v) is 10.2. The van der Waals surface area contributed by atoms with E-state index >= 15 is 0 Å². The summed E-state index contributed by atoms with van der Waals surface area (Å²) in [6, 6.07) is 18.3. The van der Waals surface area contributed by atoms with Crippen LogP contribution in [0.1, 0.15) is 12.5 Å². The summed E-state index contributed by atoms with van der Waals surface area (Å²) in [5.74, 6) is 0. The molecule has 0 saturated heterocycles. The van der Waals surface area contributed by atoms with E-state index in [2.05, 4.69) is 30.4 Å². The molecule has 1 N–H and O–H groups in total. The minimum absolute atomic E-state index is 0.976. The fraction of sp³-hybridized carbons (Fsp3) is 0.0625. The van der Waals surface area contributed by atoms with E-state index in [0.717, 1.165) is 28.3 Å². The van der Waals surface area contributed by atoms with Crippen molar-refractivity contribution in [3.05, 3.63) is 71.9 Å². The minimum atomic E-state index is 0.976. The fourth-order valence-electron chi connectivity index (χ4n) is 2.05. The number of anilines is 1. The van der Waals surface area contributed by atoms with Gasteiger partial charge in [-0.1, -0.05) is 42.5 Å². The molecule has 1 heterocycles. The van der Waals surface area contributed by atoms with Crippen LogP contribution in [0.15, 0.2) is 71.4 Å². The van der Waals surface area contributed by atoms with E-state index < -0.39 is 0 Å². The normalized spacial score (nSPS) is 13.8. The van der Waals surface area contributed by atoms with Crippen molar-refractivity contribution in [3.8, 4) is 0 Å². The van der Waals surface area contributed by atoms with E-state index in [1.165, 1.54) is 0 Å². The summed E-state index contributed by atoms with van der Waals surface area (Å²) >= 11 is 0. The molecule has 88 valence electrons.